The van der Waals surface area contributed by atoms with Gasteiger partial charge in [0.1, 0.15) is 0 Å². The second-order valence-corrected chi connectivity index (χ2v) is 5.78. The number of methoxy groups -OCH3 is 1. The zero-order valence-corrected chi connectivity index (χ0v) is 12.4. The number of ether oxygens (including phenoxy) is 1. The fourth-order valence-electron chi connectivity index (χ4n) is 3.15. The van der Waals surface area contributed by atoms with E-state index in [9.17, 15) is 4.79 Å². The van der Waals surface area contributed by atoms with Crippen molar-refractivity contribution in [2.75, 3.05) is 7.11 Å². The van der Waals surface area contributed by atoms with Crippen molar-refractivity contribution in [3.8, 4) is 0 Å². The summed E-state index contributed by atoms with van der Waals surface area (Å²) in [4.78, 5) is 20.0. The van der Waals surface area contributed by atoms with Crippen LogP contribution >= 0.6 is 0 Å². The maximum Gasteiger partial charge on any atom is 0.356 e. The van der Waals surface area contributed by atoms with Crippen LogP contribution in [0.15, 0.2) is 18.6 Å². The number of aryl methyl sites for hydroxylation is 1. The predicted molar refractivity (Wildman–Crippen MR) is 80.1 cm³/mol. The Bertz CT molecular complexity index is 629. The highest BCUT2D eigenvalue weighted by molar-refractivity contribution is 5.91. The number of carbonyl (C=O) groups is 1. The highest BCUT2D eigenvalue weighted by Crippen LogP contribution is 2.27. The van der Waals surface area contributed by atoms with Gasteiger partial charge in [-0.1, -0.05) is 32.1 Å². The molecule has 5 nitrogen and oxygen atoms in total. The summed E-state index contributed by atoms with van der Waals surface area (Å²) in [6.45, 7) is 0.973. The second-order valence-electron chi connectivity index (χ2n) is 5.78. The Kier molecular flexibility index (Phi) is 4.18. The minimum absolute atomic E-state index is 0.308. The van der Waals surface area contributed by atoms with Crippen molar-refractivity contribution in [2.45, 2.75) is 45.1 Å². The summed E-state index contributed by atoms with van der Waals surface area (Å²) < 4.78 is 6.82. The average molecular weight is 287 g/mol. The van der Waals surface area contributed by atoms with Gasteiger partial charge in [-0.3, -0.25) is 0 Å². The summed E-state index contributed by atoms with van der Waals surface area (Å²) in [5.41, 5.74) is 2.09. The van der Waals surface area contributed by atoms with Crippen molar-refractivity contribution in [2.24, 2.45) is 5.92 Å². The molecule has 2 aromatic rings. The first-order valence-electron chi connectivity index (χ1n) is 7.67. The van der Waals surface area contributed by atoms with E-state index in [2.05, 4.69) is 19.3 Å². The first-order valence-corrected chi connectivity index (χ1v) is 7.67. The Morgan fingerprint density at radius 2 is 2.14 bits per heavy atom. The van der Waals surface area contributed by atoms with E-state index >= 15 is 0 Å². The number of esters is 1. The molecule has 0 atom stereocenters. The smallest absolute Gasteiger partial charge is 0.356 e. The van der Waals surface area contributed by atoms with Crippen molar-refractivity contribution in [1.82, 2.24) is 14.5 Å². The molecule has 1 saturated carbocycles. The van der Waals surface area contributed by atoms with Gasteiger partial charge < -0.3 is 9.30 Å². The molecular formula is C16H21N3O2. The van der Waals surface area contributed by atoms with Crippen LogP contribution in [-0.4, -0.2) is 27.6 Å². The maximum atomic E-state index is 11.5. The van der Waals surface area contributed by atoms with E-state index in [1.807, 2.05) is 6.33 Å². The molecule has 0 spiro atoms. The molecule has 2 heterocycles. The van der Waals surface area contributed by atoms with Gasteiger partial charge in [0.05, 0.1) is 30.7 Å². The maximum absolute atomic E-state index is 11.5. The van der Waals surface area contributed by atoms with Crippen LogP contribution in [-0.2, 0) is 11.3 Å². The zero-order chi connectivity index (χ0) is 14.7. The Balaban J connectivity index is 1.72. The molecule has 1 aliphatic rings. The monoisotopic (exact) mass is 287 g/mol. The van der Waals surface area contributed by atoms with Gasteiger partial charge in [0.25, 0.3) is 0 Å². The molecule has 2 aromatic heterocycles. The van der Waals surface area contributed by atoms with Crippen LogP contribution in [0.5, 0.6) is 0 Å². The quantitative estimate of drug-likeness (QED) is 0.810. The third-order valence-corrected chi connectivity index (χ3v) is 4.40. The molecule has 0 N–H and O–H groups in total. The van der Waals surface area contributed by atoms with Gasteiger partial charge >= 0.3 is 5.97 Å². The first kappa shape index (κ1) is 14.0. The van der Waals surface area contributed by atoms with E-state index in [-0.39, 0.29) is 0 Å². The standard InChI is InChI=1S/C16H21N3O2/c1-21-16(20)14-9-13-15(10-17-14)19(11-18-13)8-7-12-5-3-2-4-6-12/h9-12H,2-8H2,1H3. The minimum atomic E-state index is -0.423. The second kappa shape index (κ2) is 6.24. The lowest BCUT2D eigenvalue weighted by atomic mass is 9.87. The Hall–Kier alpha value is -1.91. The van der Waals surface area contributed by atoms with Gasteiger partial charge in [-0.15, -0.1) is 0 Å². The molecule has 0 unspecified atom stereocenters. The minimum Gasteiger partial charge on any atom is -0.464 e. The fraction of sp³-hybridized carbons (Fsp3) is 0.562. The molecule has 1 fully saturated rings. The highest BCUT2D eigenvalue weighted by atomic mass is 16.5. The van der Waals surface area contributed by atoms with Gasteiger partial charge in [0.2, 0.25) is 0 Å². The van der Waals surface area contributed by atoms with E-state index in [4.69, 9.17) is 0 Å². The van der Waals surface area contributed by atoms with Crippen LogP contribution in [0, 0.1) is 5.92 Å². The fourth-order valence-corrected chi connectivity index (χ4v) is 3.15. The van der Waals surface area contributed by atoms with E-state index in [1.54, 1.807) is 12.3 Å². The van der Waals surface area contributed by atoms with Crippen LogP contribution in [0.2, 0.25) is 0 Å². The van der Waals surface area contributed by atoms with Crippen LogP contribution < -0.4 is 0 Å². The molecule has 112 valence electrons. The van der Waals surface area contributed by atoms with Gasteiger partial charge in [-0.2, -0.15) is 0 Å². The van der Waals surface area contributed by atoms with E-state index < -0.39 is 5.97 Å². The third kappa shape index (κ3) is 3.06. The molecule has 0 aromatic carbocycles. The normalized spacial score (nSPS) is 16.2. The largest absolute Gasteiger partial charge is 0.464 e. The number of rotatable bonds is 4. The molecule has 3 rings (SSSR count). The lowest BCUT2D eigenvalue weighted by molar-refractivity contribution is 0.0594. The number of imidazole rings is 1. The van der Waals surface area contributed by atoms with Crippen LogP contribution in [0.4, 0.5) is 0 Å². The molecule has 0 amide bonds. The SMILES string of the molecule is COC(=O)c1cc2ncn(CCC3CCCCC3)c2cn1. The number of nitrogens with zero attached hydrogens (tertiary/aromatic N) is 3. The van der Waals surface area contributed by atoms with Crippen molar-refractivity contribution in [3.63, 3.8) is 0 Å². The van der Waals surface area contributed by atoms with Gasteiger partial charge in [-0.25, -0.2) is 14.8 Å². The van der Waals surface area contributed by atoms with Gasteiger partial charge in [-0.05, 0) is 18.4 Å². The van der Waals surface area contributed by atoms with Crippen molar-refractivity contribution < 1.29 is 9.53 Å². The summed E-state index contributed by atoms with van der Waals surface area (Å²) in [6.07, 6.45) is 11.6. The lowest BCUT2D eigenvalue weighted by Gasteiger charge is -2.21. The molecule has 0 bridgehead atoms. The third-order valence-electron chi connectivity index (χ3n) is 4.40. The molecule has 1 aliphatic carbocycles. The number of pyridine rings is 1. The number of hydrogen-bond donors (Lipinski definition) is 0. The Morgan fingerprint density at radius 1 is 1.33 bits per heavy atom. The van der Waals surface area contributed by atoms with Crippen LogP contribution in [0.3, 0.4) is 0 Å². The molecule has 0 aliphatic heterocycles. The zero-order valence-electron chi connectivity index (χ0n) is 12.4. The van der Waals surface area contributed by atoms with Crippen LogP contribution in [0.25, 0.3) is 11.0 Å². The summed E-state index contributed by atoms with van der Waals surface area (Å²) in [5.74, 6) is 0.423. The topological polar surface area (TPSA) is 57.0 Å². The van der Waals surface area contributed by atoms with Crippen molar-refractivity contribution in [1.29, 1.82) is 0 Å². The number of aromatic nitrogens is 3. The number of carbonyl (C=O) groups excluding carboxylic acids is 1. The molecule has 21 heavy (non-hydrogen) atoms. The average Bonchev–Trinajstić information content (AvgIpc) is 2.95. The van der Waals surface area contributed by atoms with E-state index in [1.165, 1.54) is 45.6 Å². The Morgan fingerprint density at radius 3 is 2.90 bits per heavy atom. The van der Waals surface area contributed by atoms with E-state index in [0.717, 1.165) is 23.5 Å². The summed E-state index contributed by atoms with van der Waals surface area (Å²) >= 11 is 0. The number of hydrogen-bond acceptors (Lipinski definition) is 4. The summed E-state index contributed by atoms with van der Waals surface area (Å²) in [5, 5.41) is 0. The molecule has 0 radical (unpaired) electrons. The van der Waals surface area contributed by atoms with Gasteiger partial charge in [0.15, 0.2) is 5.69 Å². The highest BCUT2D eigenvalue weighted by Gasteiger charge is 2.15. The number of fused-ring (bicyclic) bond motifs is 1. The molecular weight excluding hydrogens is 266 g/mol. The summed E-state index contributed by atoms with van der Waals surface area (Å²) in [6, 6.07) is 1.69. The first-order chi connectivity index (χ1) is 10.3. The lowest BCUT2D eigenvalue weighted by Crippen LogP contribution is -2.10. The van der Waals surface area contributed by atoms with Crippen LogP contribution in [0.1, 0.15) is 49.0 Å². The summed E-state index contributed by atoms with van der Waals surface area (Å²) in [7, 11) is 1.36. The van der Waals surface area contributed by atoms with Crippen molar-refractivity contribution >= 4 is 17.0 Å². The molecule has 5 heteroatoms. The Labute approximate surface area is 124 Å². The van der Waals surface area contributed by atoms with Crippen molar-refractivity contribution in [3.05, 3.63) is 24.3 Å². The van der Waals surface area contributed by atoms with Gasteiger partial charge in [0, 0.05) is 6.54 Å². The molecule has 0 saturated heterocycles. The van der Waals surface area contributed by atoms with E-state index in [0.29, 0.717) is 5.69 Å². The predicted octanol–water partition coefficient (Wildman–Crippen LogP) is 3.19.